The van der Waals surface area contributed by atoms with Gasteiger partial charge in [-0.05, 0) is 0 Å². The SMILES string of the molecule is NC(=O)P1(=O)OCCN1CCCl. The van der Waals surface area contributed by atoms with Gasteiger partial charge < -0.3 is 10.3 Å². The Morgan fingerprint density at radius 1 is 1.75 bits per heavy atom. The van der Waals surface area contributed by atoms with Gasteiger partial charge in [0.25, 0.3) is 0 Å². The summed E-state index contributed by atoms with van der Waals surface area (Å²) in [6.45, 7) is 1.09. The summed E-state index contributed by atoms with van der Waals surface area (Å²) in [7, 11) is -3.38. The molecule has 5 nitrogen and oxygen atoms in total. The van der Waals surface area contributed by atoms with Crippen LogP contribution < -0.4 is 5.73 Å². The molecule has 1 aliphatic heterocycles. The van der Waals surface area contributed by atoms with E-state index in [1.165, 1.54) is 4.67 Å². The molecular weight excluding hydrogens is 202 g/mol. The first kappa shape index (κ1) is 9.99. The van der Waals surface area contributed by atoms with E-state index >= 15 is 0 Å². The fourth-order valence-corrected chi connectivity index (χ4v) is 2.96. The van der Waals surface area contributed by atoms with Crippen molar-refractivity contribution in [1.82, 2.24) is 4.67 Å². The molecule has 1 amide bonds. The minimum absolute atomic E-state index is 0.275. The summed E-state index contributed by atoms with van der Waals surface area (Å²) in [6.07, 6.45) is 0. The highest BCUT2D eigenvalue weighted by molar-refractivity contribution is 7.74. The summed E-state index contributed by atoms with van der Waals surface area (Å²) in [5, 5.41) is 0. The standard InChI is InChI=1S/C5H10ClN2O3P/c6-1-2-8-3-4-11-12(8,10)5(7)9/h1-4H2,(H2,7,9). The second-order valence-electron chi connectivity index (χ2n) is 2.33. The van der Waals surface area contributed by atoms with E-state index in [0.29, 0.717) is 19.0 Å². The molecule has 70 valence electrons. The molecule has 2 N–H and O–H groups in total. The second-order valence-corrected chi connectivity index (χ2v) is 5.02. The predicted molar refractivity (Wildman–Crippen MR) is 45.4 cm³/mol. The van der Waals surface area contributed by atoms with Gasteiger partial charge >= 0.3 is 13.2 Å². The molecule has 1 saturated heterocycles. The van der Waals surface area contributed by atoms with Crippen LogP contribution in [0.15, 0.2) is 0 Å². The number of halogens is 1. The zero-order valence-electron chi connectivity index (χ0n) is 6.40. The molecular formula is C5H10ClN2O3P. The highest BCUT2D eigenvalue weighted by Crippen LogP contribution is 2.53. The number of primary amides is 1. The average Bonchev–Trinajstić information content (AvgIpc) is 2.35. The van der Waals surface area contributed by atoms with Gasteiger partial charge in [-0.2, -0.15) is 0 Å². The highest BCUT2D eigenvalue weighted by Gasteiger charge is 2.42. The van der Waals surface area contributed by atoms with Gasteiger partial charge in [-0.3, -0.25) is 9.36 Å². The molecule has 7 heteroatoms. The Hall–Kier alpha value is -0.0900. The zero-order chi connectivity index (χ0) is 9.19. The van der Waals surface area contributed by atoms with E-state index < -0.39 is 13.2 Å². The second kappa shape index (κ2) is 3.75. The molecule has 0 radical (unpaired) electrons. The quantitative estimate of drug-likeness (QED) is 0.556. The maximum atomic E-state index is 11.6. The average molecular weight is 213 g/mol. The van der Waals surface area contributed by atoms with E-state index in [1.807, 2.05) is 0 Å². The molecule has 0 aromatic rings. The number of amides is 1. The van der Waals surface area contributed by atoms with Gasteiger partial charge in [0.05, 0.1) is 6.61 Å². The van der Waals surface area contributed by atoms with Gasteiger partial charge in [-0.25, -0.2) is 4.67 Å². The fraction of sp³-hybridized carbons (Fsp3) is 0.800. The number of nitrogens with zero attached hydrogens (tertiary/aromatic N) is 1. The number of rotatable bonds is 3. The van der Waals surface area contributed by atoms with E-state index in [-0.39, 0.29) is 6.61 Å². The van der Waals surface area contributed by atoms with Crippen molar-refractivity contribution >= 4 is 24.8 Å². The minimum atomic E-state index is -3.38. The lowest BCUT2D eigenvalue weighted by Crippen LogP contribution is -2.24. The Morgan fingerprint density at radius 3 is 2.92 bits per heavy atom. The van der Waals surface area contributed by atoms with Gasteiger partial charge in [-0.1, -0.05) is 0 Å². The van der Waals surface area contributed by atoms with Gasteiger partial charge in [0.15, 0.2) is 0 Å². The number of alkyl halides is 1. The highest BCUT2D eigenvalue weighted by atomic mass is 35.5. The van der Waals surface area contributed by atoms with E-state index in [9.17, 15) is 9.36 Å². The van der Waals surface area contributed by atoms with Crippen molar-refractivity contribution in [3.63, 3.8) is 0 Å². The Kier molecular flexibility index (Phi) is 3.12. The lowest BCUT2D eigenvalue weighted by molar-refractivity contribution is 0.257. The van der Waals surface area contributed by atoms with E-state index in [4.69, 9.17) is 21.9 Å². The third-order valence-corrected chi connectivity index (χ3v) is 4.01. The number of hydrogen-bond acceptors (Lipinski definition) is 3. The van der Waals surface area contributed by atoms with Crippen LogP contribution in [-0.4, -0.2) is 35.9 Å². The predicted octanol–water partition coefficient (Wildman–Crippen LogP) is 0.829. The Bertz CT molecular complexity index is 235. The third-order valence-electron chi connectivity index (χ3n) is 1.61. The van der Waals surface area contributed by atoms with Crippen molar-refractivity contribution in [1.29, 1.82) is 0 Å². The Labute approximate surface area is 75.3 Å². The van der Waals surface area contributed by atoms with Crippen LogP contribution >= 0.6 is 19.1 Å². The number of carbonyl (C=O) groups excluding carboxylic acids is 1. The van der Waals surface area contributed by atoms with Crippen molar-refractivity contribution < 1.29 is 13.9 Å². The Morgan fingerprint density at radius 2 is 2.42 bits per heavy atom. The van der Waals surface area contributed by atoms with Gasteiger partial charge in [0, 0.05) is 19.0 Å². The first-order valence-electron chi connectivity index (χ1n) is 3.47. The minimum Gasteiger partial charge on any atom is -0.360 e. The Balaban J connectivity index is 2.75. The molecule has 1 unspecified atom stereocenters. The topological polar surface area (TPSA) is 72.6 Å². The summed E-state index contributed by atoms with van der Waals surface area (Å²) in [5.74, 6) is 0.306. The van der Waals surface area contributed by atoms with Crippen LogP contribution in [0.4, 0.5) is 4.79 Å². The molecule has 1 fully saturated rings. The molecule has 0 bridgehead atoms. The van der Waals surface area contributed by atoms with Crippen molar-refractivity contribution in [2.45, 2.75) is 0 Å². The molecule has 12 heavy (non-hydrogen) atoms. The van der Waals surface area contributed by atoms with Gasteiger partial charge in [-0.15, -0.1) is 11.6 Å². The lowest BCUT2D eigenvalue weighted by Gasteiger charge is -2.17. The molecule has 0 aliphatic carbocycles. The van der Waals surface area contributed by atoms with E-state index in [2.05, 4.69) is 0 Å². The van der Waals surface area contributed by atoms with Crippen LogP contribution in [0.5, 0.6) is 0 Å². The first-order valence-corrected chi connectivity index (χ1v) is 5.58. The van der Waals surface area contributed by atoms with E-state index in [0.717, 1.165) is 0 Å². The smallest absolute Gasteiger partial charge is 0.358 e. The fourth-order valence-electron chi connectivity index (χ4n) is 1.03. The maximum absolute atomic E-state index is 11.6. The van der Waals surface area contributed by atoms with Crippen molar-refractivity contribution in [2.75, 3.05) is 25.6 Å². The summed E-state index contributed by atoms with van der Waals surface area (Å²) in [4.78, 5) is 10.8. The number of carbonyl (C=O) groups is 1. The molecule has 0 aromatic heterocycles. The van der Waals surface area contributed by atoms with Crippen molar-refractivity contribution in [3.8, 4) is 0 Å². The summed E-state index contributed by atoms with van der Waals surface area (Å²) < 4.78 is 17.8. The lowest BCUT2D eigenvalue weighted by atomic mass is 10.6. The third kappa shape index (κ3) is 1.64. The van der Waals surface area contributed by atoms with Crippen LogP contribution in [0.3, 0.4) is 0 Å². The maximum Gasteiger partial charge on any atom is 0.358 e. The summed E-state index contributed by atoms with van der Waals surface area (Å²) in [6, 6.07) is 0. The van der Waals surface area contributed by atoms with Crippen molar-refractivity contribution in [3.05, 3.63) is 0 Å². The zero-order valence-corrected chi connectivity index (χ0v) is 8.05. The van der Waals surface area contributed by atoms with Crippen LogP contribution in [0.25, 0.3) is 0 Å². The van der Waals surface area contributed by atoms with Crippen LogP contribution in [0, 0.1) is 0 Å². The number of nitrogens with two attached hydrogens (primary N) is 1. The molecule has 1 aliphatic rings. The van der Waals surface area contributed by atoms with Crippen LogP contribution in [0.1, 0.15) is 0 Å². The monoisotopic (exact) mass is 212 g/mol. The molecule has 1 rings (SSSR count). The molecule has 0 saturated carbocycles. The van der Waals surface area contributed by atoms with Crippen LogP contribution in [-0.2, 0) is 9.09 Å². The van der Waals surface area contributed by atoms with Gasteiger partial charge in [0.1, 0.15) is 0 Å². The molecule has 1 atom stereocenters. The van der Waals surface area contributed by atoms with E-state index in [1.54, 1.807) is 0 Å². The number of hydrogen-bond donors (Lipinski definition) is 1. The van der Waals surface area contributed by atoms with Crippen molar-refractivity contribution in [2.24, 2.45) is 5.73 Å². The molecule has 1 heterocycles. The first-order chi connectivity index (χ1) is 5.61. The summed E-state index contributed by atoms with van der Waals surface area (Å²) >= 11 is 5.44. The molecule has 0 spiro atoms. The van der Waals surface area contributed by atoms with Crippen LogP contribution in [0.2, 0.25) is 0 Å². The van der Waals surface area contributed by atoms with Gasteiger partial charge in [0.2, 0.25) is 0 Å². The largest absolute Gasteiger partial charge is 0.360 e. The normalized spacial score (nSPS) is 30.8. The molecule has 0 aromatic carbocycles. The summed E-state index contributed by atoms with van der Waals surface area (Å²) in [5.41, 5.74) is 4.04.